The molecule has 2 aromatic heterocycles. The second-order valence-corrected chi connectivity index (χ2v) is 4.36. The summed E-state index contributed by atoms with van der Waals surface area (Å²) in [6.45, 7) is 5.71. The molecule has 0 unspecified atom stereocenters. The SMILES string of the molecule is CCCc1nc(-c2cc(C)oc2C)oc1C(=O)OC. The van der Waals surface area contributed by atoms with Crippen LogP contribution >= 0.6 is 0 Å². The molecule has 0 saturated heterocycles. The average molecular weight is 263 g/mol. The van der Waals surface area contributed by atoms with Crippen molar-refractivity contribution in [3.63, 3.8) is 0 Å². The van der Waals surface area contributed by atoms with Crippen molar-refractivity contribution in [2.24, 2.45) is 0 Å². The van der Waals surface area contributed by atoms with Crippen LogP contribution in [0.2, 0.25) is 0 Å². The quantitative estimate of drug-likeness (QED) is 0.792. The van der Waals surface area contributed by atoms with Gasteiger partial charge in [-0.1, -0.05) is 13.3 Å². The maximum Gasteiger partial charge on any atom is 0.376 e. The predicted molar refractivity (Wildman–Crippen MR) is 69.0 cm³/mol. The molecule has 0 aliphatic carbocycles. The number of hydrogen-bond donors (Lipinski definition) is 0. The number of carbonyl (C=O) groups excluding carboxylic acids is 1. The van der Waals surface area contributed by atoms with Crippen LogP contribution in [-0.2, 0) is 11.2 Å². The Bertz CT molecular complexity index is 595. The number of nitrogens with zero attached hydrogens (tertiary/aromatic N) is 1. The van der Waals surface area contributed by atoms with E-state index in [1.165, 1.54) is 7.11 Å². The maximum absolute atomic E-state index is 11.7. The molecule has 0 fully saturated rings. The molecule has 102 valence electrons. The van der Waals surface area contributed by atoms with Crippen molar-refractivity contribution in [1.29, 1.82) is 0 Å². The first-order valence-corrected chi connectivity index (χ1v) is 6.22. The lowest BCUT2D eigenvalue weighted by molar-refractivity contribution is 0.0564. The Morgan fingerprint density at radius 3 is 2.63 bits per heavy atom. The summed E-state index contributed by atoms with van der Waals surface area (Å²) in [5.74, 6) is 1.58. The number of rotatable bonds is 4. The number of ether oxygens (including phenoxy) is 1. The number of carbonyl (C=O) groups is 1. The molecule has 5 nitrogen and oxygen atoms in total. The van der Waals surface area contributed by atoms with Gasteiger partial charge in [0, 0.05) is 0 Å². The van der Waals surface area contributed by atoms with E-state index in [9.17, 15) is 4.79 Å². The van der Waals surface area contributed by atoms with Gasteiger partial charge in [0.15, 0.2) is 0 Å². The van der Waals surface area contributed by atoms with Crippen LogP contribution < -0.4 is 0 Å². The molecule has 2 aromatic rings. The summed E-state index contributed by atoms with van der Waals surface area (Å²) < 4.78 is 15.7. The van der Waals surface area contributed by atoms with Crippen LogP contribution in [0, 0.1) is 13.8 Å². The zero-order valence-electron chi connectivity index (χ0n) is 11.6. The molecule has 5 heteroatoms. The van der Waals surface area contributed by atoms with Gasteiger partial charge in [-0.3, -0.25) is 0 Å². The van der Waals surface area contributed by atoms with Crippen molar-refractivity contribution in [3.05, 3.63) is 29.0 Å². The molecular formula is C14H17NO4. The van der Waals surface area contributed by atoms with Gasteiger partial charge < -0.3 is 13.6 Å². The fourth-order valence-electron chi connectivity index (χ4n) is 1.97. The van der Waals surface area contributed by atoms with E-state index in [-0.39, 0.29) is 5.76 Å². The largest absolute Gasteiger partial charge is 0.466 e. The number of furan rings is 1. The Balaban J connectivity index is 2.48. The Labute approximate surface area is 111 Å². The molecule has 0 spiro atoms. The summed E-state index contributed by atoms with van der Waals surface area (Å²) >= 11 is 0. The summed E-state index contributed by atoms with van der Waals surface area (Å²) in [6, 6.07) is 1.85. The lowest BCUT2D eigenvalue weighted by Crippen LogP contribution is -2.03. The highest BCUT2D eigenvalue weighted by Crippen LogP contribution is 2.28. The van der Waals surface area contributed by atoms with E-state index in [2.05, 4.69) is 4.98 Å². The summed E-state index contributed by atoms with van der Waals surface area (Å²) in [5.41, 5.74) is 1.40. The average Bonchev–Trinajstić information content (AvgIpc) is 2.92. The van der Waals surface area contributed by atoms with E-state index in [0.717, 1.165) is 23.5 Å². The third kappa shape index (κ3) is 2.54. The standard InChI is InChI=1S/C14H17NO4/c1-5-6-11-12(14(16)17-4)19-13(15-11)10-7-8(2)18-9(10)3/h7H,5-6H2,1-4H3. The number of aryl methyl sites for hydroxylation is 3. The van der Waals surface area contributed by atoms with Crippen LogP contribution in [0.4, 0.5) is 0 Å². The van der Waals surface area contributed by atoms with Gasteiger partial charge in [0.25, 0.3) is 0 Å². The molecule has 2 heterocycles. The fourth-order valence-corrected chi connectivity index (χ4v) is 1.97. The minimum Gasteiger partial charge on any atom is -0.466 e. The molecule has 0 aromatic carbocycles. The lowest BCUT2D eigenvalue weighted by atomic mass is 10.2. The van der Waals surface area contributed by atoms with E-state index in [4.69, 9.17) is 13.6 Å². The van der Waals surface area contributed by atoms with Crippen molar-refractivity contribution >= 4 is 5.97 Å². The van der Waals surface area contributed by atoms with Crippen molar-refractivity contribution < 1.29 is 18.4 Å². The van der Waals surface area contributed by atoms with Crippen LogP contribution in [-0.4, -0.2) is 18.1 Å². The molecule has 0 bridgehead atoms. The highest BCUT2D eigenvalue weighted by molar-refractivity contribution is 5.88. The smallest absolute Gasteiger partial charge is 0.376 e. The summed E-state index contributed by atoms with van der Waals surface area (Å²) in [7, 11) is 1.33. The first kappa shape index (κ1) is 13.4. The van der Waals surface area contributed by atoms with Crippen molar-refractivity contribution in [1.82, 2.24) is 4.98 Å². The van der Waals surface area contributed by atoms with E-state index >= 15 is 0 Å². The van der Waals surface area contributed by atoms with Gasteiger partial charge in [-0.25, -0.2) is 9.78 Å². The van der Waals surface area contributed by atoms with Crippen molar-refractivity contribution in [3.8, 4) is 11.5 Å². The van der Waals surface area contributed by atoms with Crippen LogP contribution in [0.5, 0.6) is 0 Å². The van der Waals surface area contributed by atoms with Crippen molar-refractivity contribution in [2.45, 2.75) is 33.6 Å². The lowest BCUT2D eigenvalue weighted by Gasteiger charge is -1.96. The van der Waals surface area contributed by atoms with Crippen molar-refractivity contribution in [2.75, 3.05) is 7.11 Å². The molecule has 0 saturated carbocycles. The van der Waals surface area contributed by atoms with Gasteiger partial charge in [0.1, 0.15) is 11.5 Å². The Morgan fingerprint density at radius 1 is 1.37 bits per heavy atom. The first-order valence-electron chi connectivity index (χ1n) is 6.22. The number of esters is 1. The maximum atomic E-state index is 11.7. The molecule has 0 aliphatic heterocycles. The predicted octanol–water partition coefficient (Wildman–Crippen LogP) is 3.29. The molecule has 19 heavy (non-hydrogen) atoms. The summed E-state index contributed by atoms with van der Waals surface area (Å²) in [6.07, 6.45) is 1.54. The topological polar surface area (TPSA) is 65.5 Å². The normalized spacial score (nSPS) is 10.7. The highest BCUT2D eigenvalue weighted by atomic mass is 16.5. The first-order chi connectivity index (χ1) is 9.06. The van der Waals surface area contributed by atoms with Crippen LogP contribution in [0.3, 0.4) is 0 Å². The third-order valence-electron chi connectivity index (χ3n) is 2.83. The molecule has 2 rings (SSSR count). The van der Waals surface area contributed by atoms with Crippen LogP contribution in [0.15, 0.2) is 14.9 Å². The van der Waals surface area contributed by atoms with Gasteiger partial charge >= 0.3 is 5.97 Å². The number of methoxy groups -OCH3 is 1. The fraction of sp³-hybridized carbons (Fsp3) is 0.429. The van der Waals surface area contributed by atoms with Gasteiger partial charge in [-0.15, -0.1) is 0 Å². The molecule has 0 radical (unpaired) electrons. The number of oxazole rings is 1. The van der Waals surface area contributed by atoms with Gasteiger partial charge in [-0.05, 0) is 26.3 Å². The molecule has 0 atom stereocenters. The summed E-state index contributed by atoms with van der Waals surface area (Å²) in [5, 5.41) is 0. The van der Waals surface area contributed by atoms with E-state index in [1.807, 2.05) is 26.8 Å². The second kappa shape index (κ2) is 5.30. The minimum atomic E-state index is -0.500. The van der Waals surface area contributed by atoms with Crippen LogP contribution in [0.1, 0.15) is 41.1 Å². The second-order valence-electron chi connectivity index (χ2n) is 4.36. The van der Waals surface area contributed by atoms with Crippen LogP contribution in [0.25, 0.3) is 11.5 Å². The van der Waals surface area contributed by atoms with E-state index < -0.39 is 5.97 Å². The zero-order chi connectivity index (χ0) is 14.0. The molecule has 0 N–H and O–H groups in total. The van der Waals surface area contributed by atoms with E-state index in [1.54, 1.807) is 0 Å². The summed E-state index contributed by atoms with van der Waals surface area (Å²) in [4.78, 5) is 16.1. The van der Waals surface area contributed by atoms with Gasteiger partial charge in [0.2, 0.25) is 11.7 Å². The molecule has 0 aliphatic rings. The number of hydrogen-bond acceptors (Lipinski definition) is 5. The zero-order valence-corrected chi connectivity index (χ0v) is 11.6. The molecular weight excluding hydrogens is 246 g/mol. The molecule has 0 amide bonds. The van der Waals surface area contributed by atoms with Gasteiger partial charge in [-0.2, -0.15) is 0 Å². The monoisotopic (exact) mass is 263 g/mol. The number of aromatic nitrogens is 1. The highest BCUT2D eigenvalue weighted by Gasteiger charge is 2.22. The van der Waals surface area contributed by atoms with Gasteiger partial charge in [0.05, 0.1) is 18.4 Å². The van der Waals surface area contributed by atoms with E-state index in [0.29, 0.717) is 18.0 Å². The third-order valence-corrected chi connectivity index (χ3v) is 2.83. The Kier molecular flexibility index (Phi) is 3.74. The Hall–Kier alpha value is -2.04. The Morgan fingerprint density at radius 2 is 2.11 bits per heavy atom. The minimum absolute atomic E-state index is 0.178.